The molecule has 4 nitrogen and oxygen atoms in total. The van der Waals surface area contributed by atoms with Crippen LogP contribution in [-0.2, 0) is 11.8 Å². The molecule has 0 bridgehead atoms. The lowest BCUT2D eigenvalue weighted by Crippen LogP contribution is -2.34. The van der Waals surface area contributed by atoms with Gasteiger partial charge in [-0.25, -0.2) is 0 Å². The number of nitrogens with zero attached hydrogens (tertiary/aromatic N) is 2. The molecule has 1 aromatic rings. The summed E-state index contributed by atoms with van der Waals surface area (Å²) in [5.74, 6) is 0.476. The topological polar surface area (TPSA) is 39.1 Å². The molecule has 1 fully saturated rings. The molecule has 1 aliphatic rings. The first-order valence-electron chi connectivity index (χ1n) is 7.21. The predicted molar refractivity (Wildman–Crippen MR) is 77.4 cm³/mol. The Kier molecular flexibility index (Phi) is 5.25. The number of aryl methyl sites for hydroxylation is 1. The Morgan fingerprint density at radius 1 is 1.58 bits per heavy atom. The van der Waals surface area contributed by atoms with Gasteiger partial charge >= 0.3 is 0 Å². The zero-order valence-corrected chi connectivity index (χ0v) is 12.8. The second-order valence-corrected chi connectivity index (χ2v) is 5.61. The zero-order chi connectivity index (χ0) is 13.8. The van der Waals surface area contributed by atoms with Gasteiger partial charge in [-0.15, -0.1) is 0 Å². The highest BCUT2D eigenvalue weighted by Gasteiger charge is 2.36. The second-order valence-electron chi connectivity index (χ2n) is 5.20. The molecule has 3 atom stereocenters. The van der Waals surface area contributed by atoms with E-state index in [-0.39, 0.29) is 6.04 Å². The number of rotatable bonds is 6. The largest absolute Gasteiger partial charge is 0.378 e. The van der Waals surface area contributed by atoms with E-state index in [0.29, 0.717) is 12.0 Å². The van der Waals surface area contributed by atoms with Crippen molar-refractivity contribution in [2.75, 3.05) is 13.2 Å². The number of ether oxygens (including phenoxy) is 1. The molecule has 0 saturated carbocycles. The van der Waals surface area contributed by atoms with Crippen LogP contribution >= 0.6 is 11.6 Å². The van der Waals surface area contributed by atoms with Crippen molar-refractivity contribution in [2.45, 2.75) is 45.3 Å². The molecule has 0 aliphatic carbocycles. The minimum absolute atomic E-state index is 0.229. The fourth-order valence-corrected chi connectivity index (χ4v) is 3.27. The zero-order valence-electron chi connectivity index (χ0n) is 12.0. The SMILES string of the molecule is CCCNC(c1c(Cl)cnn1C)C1CCOC1CC. The Morgan fingerprint density at radius 3 is 2.95 bits per heavy atom. The van der Waals surface area contributed by atoms with Gasteiger partial charge in [-0.3, -0.25) is 4.68 Å². The first kappa shape index (κ1) is 14.8. The molecule has 1 aromatic heterocycles. The lowest BCUT2D eigenvalue weighted by molar-refractivity contribution is 0.0765. The first-order valence-corrected chi connectivity index (χ1v) is 7.59. The smallest absolute Gasteiger partial charge is 0.0834 e. The molecule has 1 aliphatic heterocycles. The summed E-state index contributed by atoms with van der Waals surface area (Å²) >= 11 is 6.32. The van der Waals surface area contributed by atoms with Crippen LogP contribution in [0.25, 0.3) is 0 Å². The summed E-state index contributed by atoms with van der Waals surface area (Å²) in [6.07, 6.45) is 5.29. The van der Waals surface area contributed by atoms with Crippen LogP contribution in [0.15, 0.2) is 6.20 Å². The Balaban J connectivity index is 2.25. The Bertz CT molecular complexity index is 388. The fourth-order valence-electron chi connectivity index (χ4n) is 2.99. The van der Waals surface area contributed by atoms with E-state index < -0.39 is 0 Å². The molecule has 2 rings (SSSR count). The van der Waals surface area contributed by atoms with Crippen LogP contribution in [0.5, 0.6) is 0 Å². The Hall–Kier alpha value is -0.580. The molecular weight excluding hydrogens is 262 g/mol. The molecule has 0 radical (unpaired) electrons. The van der Waals surface area contributed by atoms with Gasteiger partial charge in [-0.1, -0.05) is 25.4 Å². The van der Waals surface area contributed by atoms with Crippen molar-refractivity contribution in [1.29, 1.82) is 0 Å². The normalized spacial score (nSPS) is 24.8. The average Bonchev–Trinajstić information content (AvgIpc) is 3.00. The minimum atomic E-state index is 0.229. The molecular formula is C14H24ClN3O. The maximum absolute atomic E-state index is 6.32. The van der Waals surface area contributed by atoms with Crippen molar-refractivity contribution in [3.05, 3.63) is 16.9 Å². The lowest BCUT2D eigenvalue weighted by Gasteiger charge is -2.28. The maximum Gasteiger partial charge on any atom is 0.0834 e. The highest BCUT2D eigenvalue weighted by molar-refractivity contribution is 6.31. The predicted octanol–water partition coefficient (Wildman–Crippen LogP) is 2.93. The van der Waals surface area contributed by atoms with Crippen molar-refractivity contribution in [3.8, 4) is 0 Å². The van der Waals surface area contributed by atoms with Gasteiger partial charge in [-0.05, 0) is 25.8 Å². The van der Waals surface area contributed by atoms with E-state index in [1.54, 1.807) is 6.20 Å². The molecule has 0 aromatic carbocycles. The van der Waals surface area contributed by atoms with Crippen molar-refractivity contribution in [3.63, 3.8) is 0 Å². The summed E-state index contributed by atoms with van der Waals surface area (Å²) in [6.45, 7) is 6.20. The summed E-state index contributed by atoms with van der Waals surface area (Å²) in [7, 11) is 1.96. The first-order chi connectivity index (χ1) is 9.19. The molecule has 1 N–H and O–H groups in total. The van der Waals surface area contributed by atoms with Gasteiger partial charge in [0.05, 0.1) is 29.1 Å². The van der Waals surface area contributed by atoms with E-state index >= 15 is 0 Å². The molecule has 5 heteroatoms. The molecule has 1 saturated heterocycles. The van der Waals surface area contributed by atoms with E-state index in [0.717, 1.165) is 43.1 Å². The van der Waals surface area contributed by atoms with Gasteiger partial charge in [0.2, 0.25) is 0 Å². The number of halogens is 1. The van der Waals surface area contributed by atoms with Gasteiger partial charge in [-0.2, -0.15) is 5.10 Å². The van der Waals surface area contributed by atoms with Crippen molar-refractivity contribution >= 4 is 11.6 Å². The third kappa shape index (κ3) is 3.12. The van der Waals surface area contributed by atoms with Crippen LogP contribution in [0.4, 0.5) is 0 Å². The third-order valence-corrected chi connectivity index (χ3v) is 4.23. The quantitative estimate of drug-likeness (QED) is 0.873. The summed E-state index contributed by atoms with van der Waals surface area (Å²) in [6, 6.07) is 0.229. The third-order valence-electron chi connectivity index (χ3n) is 3.94. The van der Waals surface area contributed by atoms with Crippen LogP contribution in [0.1, 0.15) is 44.8 Å². The van der Waals surface area contributed by atoms with Crippen LogP contribution < -0.4 is 5.32 Å². The van der Waals surface area contributed by atoms with Gasteiger partial charge in [0.25, 0.3) is 0 Å². The standard InChI is InChI=1S/C14H24ClN3O/c1-4-7-16-13(10-6-8-19-12(10)5-2)14-11(15)9-17-18(14)3/h9-10,12-13,16H,4-8H2,1-3H3. The van der Waals surface area contributed by atoms with Crippen molar-refractivity contribution in [1.82, 2.24) is 15.1 Å². The number of nitrogens with one attached hydrogen (secondary N) is 1. The van der Waals surface area contributed by atoms with Gasteiger partial charge in [0, 0.05) is 19.6 Å². The van der Waals surface area contributed by atoms with Crippen molar-refractivity contribution < 1.29 is 4.74 Å². The molecule has 0 amide bonds. The summed E-state index contributed by atoms with van der Waals surface area (Å²) < 4.78 is 7.73. The van der Waals surface area contributed by atoms with Crippen LogP contribution in [0, 0.1) is 5.92 Å². The van der Waals surface area contributed by atoms with Crippen molar-refractivity contribution in [2.24, 2.45) is 13.0 Å². The molecule has 2 heterocycles. The lowest BCUT2D eigenvalue weighted by atomic mass is 9.89. The average molecular weight is 286 g/mol. The highest BCUT2D eigenvalue weighted by Crippen LogP contribution is 2.37. The number of hydrogen-bond acceptors (Lipinski definition) is 3. The highest BCUT2D eigenvalue weighted by atomic mass is 35.5. The number of aromatic nitrogens is 2. The molecule has 19 heavy (non-hydrogen) atoms. The molecule has 108 valence electrons. The molecule has 0 spiro atoms. The van der Waals surface area contributed by atoms with Crippen LogP contribution in [-0.4, -0.2) is 29.0 Å². The minimum Gasteiger partial charge on any atom is -0.378 e. The van der Waals surface area contributed by atoms with Gasteiger partial charge in [0.1, 0.15) is 0 Å². The maximum atomic E-state index is 6.32. The summed E-state index contributed by atoms with van der Waals surface area (Å²) in [5.41, 5.74) is 1.09. The van der Waals surface area contributed by atoms with E-state index in [1.807, 2.05) is 11.7 Å². The van der Waals surface area contributed by atoms with Gasteiger partial charge < -0.3 is 10.1 Å². The second kappa shape index (κ2) is 6.73. The summed E-state index contributed by atoms with van der Waals surface area (Å²) in [4.78, 5) is 0. The van der Waals surface area contributed by atoms with E-state index in [1.165, 1.54) is 0 Å². The fraction of sp³-hybridized carbons (Fsp3) is 0.786. The monoisotopic (exact) mass is 285 g/mol. The van der Waals surface area contributed by atoms with Crippen LogP contribution in [0.2, 0.25) is 5.02 Å². The van der Waals surface area contributed by atoms with Crippen LogP contribution in [0.3, 0.4) is 0 Å². The van der Waals surface area contributed by atoms with E-state index in [2.05, 4.69) is 24.3 Å². The number of hydrogen-bond donors (Lipinski definition) is 1. The van der Waals surface area contributed by atoms with E-state index in [4.69, 9.17) is 16.3 Å². The Morgan fingerprint density at radius 2 is 2.37 bits per heavy atom. The molecule has 3 unspecified atom stereocenters. The summed E-state index contributed by atoms with van der Waals surface area (Å²) in [5, 5.41) is 8.65. The Labute approximate surface area is 120 Å². The van der Waals surface area contributed by atoms with Gasteiger partial charge in [0.15, 0.2) is 0 Å². The van der Waals surface area contributed by atoms with E-state index in [9.17, 15) is 0 Å².